The van der Waals surface area contributed by atoms with E-state index in [1.165, 1.54) is 0 Å². The molecule has 1 atom stereocenters. The smallest absolute Gasteiger partial charge is 0.352 e. The minimum atomic E-state index is -4.90. The standard InChI is InChI=1S/C19H22F6N2O/c1-27-5-4-17(11-27,9-12-2-3-12)16(28)26-10-13-6-14(18(20,21)22)8-15(7-13)19(23,24)25/h6-8,12H,2-5,9-11H2,1H3,(H,26,28). The van der Waals surface area contributed by atoms with Crippen molar-refractivity contribution in [1.29, 1.82) is 0 Å². The molecule has 1 aliphatic heterocycles. The molecule has 1 N–H and O–H groups in total. The maximum Gasteiger partial charge on any atom is 0.416 e. The second-order valence-corrected chi connectivity index (χ2v) is 8.01. The zero-order valence-electron chi connectivity index (χ0n) is 15.4. The monoisotopic (exact) mass is 408 g/mol. The van der Waals surface area contributed by atoms with Crippen molar-refractivity contribution in [1.82, 2.24) is 10.2 Å². The average Bonchev–Trinajstić information content (AvgIpc) is 3.31. The average molecular weight is 408 g/mol. The van der Waals surface area contributed by atoms with Gasteiger partial charge in [0.1, 0.15) is 0 Å². The maximum atomic E-state index is 13.0. The van der Waals surface area contributed by atoms with Crippen LogP contribution in [0, 0.1) is 11.3 Å². The summed E-state index contributed by atoms with van der Waals surface area (Å²) in [5, 5.41) is 2.59. The Bertz CT molecular complexity index is 709. The molecule has 1 heterocycles. The van der Waals surface area contributed by atoms with E-state index in [-0.39, 0.29) is 24.1 Å². The molecule has 0 bridgehead atoms. The minimum Gasteiger partial charge on any atom is -0.352 e. The van der Waals surface area contributed by atoms with Crippen LogP contribution in [0.25, 0.3) is 0 Å². The Morgan fingerprint density at radius 2 is 1.68 bits per heavy atom. The lowest BCUT2D eigenvalue weighted by Gasteiger charge is -2.28. The third-order valence-electron chi connectivity index (χ3n) is 5.50. The molecule has 1 unspecified atom stereocenters. The van der Waals surface area contributed by atoms with Crippen molar-refractivity contribution in [3.8, 4) is 0 Å². The van der Waals surface area contributed by atoms with Crippen LogP contribution in [0.2, 0.25) is 0 Å². The van der Waals surface area contributed by atoms with E-state index in [1.807, 2.05) is 11.9 Å². The van der Waals surface area contributed by atoms with E-state index in [0.717, 1.165) is 19.4 Å². The molecule has 1 saturated heterocycles. The number of hydrogen-bond donors (Lipinski definition) is 1. The molecule has 1 aromatic rings. The van der Waals surface area contributed by atoms with Gasteiger partial charge in [-0.3, -0.25) is 4.79 Å². The van der Waals surface area contributed by atoms with Gasteiger partial charge in [-0.1, -0.05) is 12.8 Å². The van der Waals surface area contributed by atoms with Gasteiger partial charge in [0.2, 0.25) is 5.91 Å². The van der Waals surface area contributed by atoms with Crippen molar-refractivity contribution in [3.05, 3.63) is 34.9 Å². The van der Waals surface area contributed by atoms with E-state index < -0.39 is 28.9 Å². The first-order chi connectivity index (χ1) is 12.9. The number of hydrogen-bond acceptors (Lipinski definition) is 2. The van der Waals surface area contributed by atoms with Gasteiger partial charge in [0, 0.05) is 13.1 Å². The molecule has 1 aliphatic carbocycles. The van der Waals surface area contributed by atoms with Gasteiger partial charge in [-0.05, 0) is 56.1 Å². The third kappa shape index (κ3) is 4.79. The number of nitrogens with zero attached hydrogens (tertiary/aromatic N) is 1. The summed E-state index contributed by atoms with van der Waals surface area (Å²) in [6.45, 7) is 0.912. The van der Waals surface area contributed by atoms with E-state index in [1.54, 1.807) is 0 Å². The number of benzene rings is 1. The summed E-state index contributed by atoms with van der Waals surface area (Å²) in [6, 6.07) is 1.40. The Morgan fingerprint density at radius 3 is 2.11 bits per heavy atom. The first-order valence-electron chi connectivity index (χ1n) is 9.14. The Labute approximate surface area is 159 Å². The van der Waals surface area contributed by atoms with E-state index in [9.17, 15) is 31.1 Å². The molecular weight excluding hydrogens is 386 g/mol. The van der Waals surface area contributed by atoms with Crippen molar-refractivity contribution >= 4 is 5.91 Å². The van der Waals surface area contributed by atoms with Gasteiger partial charge in [-0.15, -0.1) is 0 Å². The van der Waals surface area contributed by atoms with Gasteiger partial charge in [0.25, 0.3) is 0 Å². The Hall–Kier alpha value is -1.77. The second-order valence-electron chi connectivity index (χ2n) is 8.01. The van der Waals surface area contributed by atoms with Crippen molar-refractivity contribution in [2.24, 2.45) is 11.3 Å². The molecule has 9 heteroatoms. The largest absolute Gasteiger partial charge is 0.416 e. The third-order valence-corrected chi connectivity index (χ3v) is 5.50. The fourth-order valence-corrected chi connectivity index (χ4v) is 3.89. The number of alkyl halides is 6. The lowest BCUT2D eigenvalue weighted by Crippen LogP contribution is -2.42. The van der Waals surface area contributed by atoms with Crippen LogP contribution in [0.3, 0.4) is 0 Å². The van der Waals surface area contributed by atoms with Crippen LogP contribution in [0.1, 0.15) is 42.4 Å². The molecule has 1 saturated carbocycles. The van der Waals surface area contributed by atoms with Crippen molar-refractivity contribution in [2.45, 2.75) is 44.6 Å². The number of carbonyl (C=O) groups is 1. The second kappa shape index (κ2) is 7.24. The summed E-state index contributed by atoms with van der Waals surface area (Å²) >= 11 is 0. The summed E-state index contributed by atoms with van der Waals surface area (Å²) in [7, 11) is 1.89. The van der Waals surface area contributed by atoms with E-state index in [0.29, 0.717) is 37.4 Å². The highest BCUT2D eigenvalue weighted by Gasteiger charge is 2.46. The van der Waals surface area contributed by atoms with Crippen LogP contribution < -0.4 is 5.32 Å². The summed E-state index contributed by atoms with van der Waals surface area (Å²) in [6.07, 6.45) is -6.34. The van der Waals surface area contributed by atoms with Crippen LogP contribution in [0.15, 0.2) is 18.2 Å². The number of halogens is 6. The number of likely N-dealkylation sites (tertiary alicyclic amines) is 1. The topological polar surface area (TPSA) is 32.3 Å². The fraction of sp³-hybridized carbons (Fsp3) is 0.632. The number of rotatable bonds is 5. The molecule has 0 radical (unpaired) electrons. The lowest BCUT2D eigenvalue weighted by atomic mass is 9.80. The van der Waals surface area contributed by atoms with Gasteiger partial charge in [0.15, 0.2) is 0 Å². The summed E-state index contributed by atoms with van der Waals surface area (Å²) in [5.74, 6) is 0.178. The SMILES string of the molecule is CN1CCC(CC2CC2)(C(=O)NCc2cc(C(F)(F)F)cc(C(F)(F)F)c2)C1. The van der Waals surface area contributed by atoms with Crippen LogP contribution >= 0.6 is 0 Å². The highest BCUT2D eigenvalue weighted by atomic mass is 19.4. The molecular formula is C19H22F6N2O. The van der Waals surface area contributed by atoms with Crippen molar-refractivity contribution < 1.29 is 31.1 Å². The quantitative estimate of drug-likeness (QED) is 0.730. The predicted octanol–water partition coefficient (Wildman–Crippen LogP) is 4.46. The molecule has 2 aliphatic rings. The Morgan fingerprint density at radius 1 is 1.11 bits per heavy atom. The van der Waals surface area contributed by atoms with Crippen LogP contribution in [0.4, 0.5) is 26.3 Å². The molecule has 0 spiro atoms. The Balaban J connectivity index is 1.78. The molecule has 3 rings (SSSR count). The van der Waals surface area contributed by atoms with Gasteiger partial charge in [0.05, 0.1) is 16.5 Å². The number of nitrogens with one attached hydrogen (secondary N) is 1. The highest BCUT2D eigenvalue weighted by molar-refractivity contribution is 5.83. The first kappa shape index (κ1) is 21.0. The predicted molar refractivity (Wildman–Crippen MR) is 90.2 cm³/mol. The van der Waals surface area contributed by atoms with Gasteiger partial charge < -0.3 is 10.2 Å². The van der Waals surface area contributed by atoms with Crippen molar-refractivity contribution in [3.63, 3.8) is 0 Å². The van der Waals surface area contributed by atoms with Crippen LogP contribution in [0.5, 0.6) is 0 Å². The minimum absolute atomic E-state index is 0.0891. The van der Waals surface area contributed by atoms with Crippen LogP contribution in [-0.4, -0.2) is 30.9 Å². The molecule has 1 amide bonds. The zero-order chi connectivity index (χ0) is 20.7. The number of amides is 1. The molecule has 1 aromatic carbocycles. The molecule has 0 aromatic heterocycles. The maximum absolute atomic E-state index is 13.0. The highest BCUT2D eigenvalue weighted by Crippen LogP contribution is 2.45. The van der Waals surface area contributed by atoms with E-state index >= 15 is 0 Å². The van der Waals surface area contributed by atoms with Crippen LogP contribution in [-0.2, 0) is 23.7 Å². The molecule has 2 fully saturated rings. The summed E-state index contributed by atoms with van der Waals surface area (Å²) in [5.41, 5.74) is -3.59. The zero-order valence-corrected chi connectivity index (χ0v) is 15.4. The summed E-state index contributed by atoms with van der Waals surface area (Å²) < 4.78 is 77.8. The van der Waals surface area contributed by atoms with Gasteiger partial charge in [-0.25, -0.2) is 0 Å². The van der Waals surface area contributed by atoms with Crippen molar-refractivity contribution in [2.75, 3.05) is 20.1 Å². The molecule has 3 nitrogen and oxygen atoms in total. The van der Waals surface area contributed by atoms with E-state index in [2.05, 4.69) is 5.32 Å². The van der Waals surface area contributed by atoms with Gasteiger partial charge >= 0.3 is 12.4 Å². The van der Waals surface area contributed by atoms with E-state index in [4.69, 9.17) is 0 Å². The lowest BCUT2D eigenvalue weighted by molar-refractivity contribution is -0.143. The Kier molecular flexibility index (Phi) is 5.42. The molecule has 28 heavy (non-hydrogen) atoms. The molecule has 156 valence electrons. The first-order valence-corrected chi connectivity index (χ1v) is 9.14. The number of carbonyl (C=O) groups excluding carboxylic acids is 1. The van der Waals surface area contributed by atoms with Gasteiger partial charge in [-0.2, -0.15) is 26.3 Å². The fourth-order valence-electron chi connectivity index (χ4n) is 3.89. The normalized spacial score (nSPS) is 23.8. The summed E-state index contributed by atoms with van der Waals surface area (Å²) in [4.78, 5) is 14.9.